The predicted molar refractivity (Wildman–Crippen MR) is 67.8 cm³/mol. The molecule has 2 aromatic heterocycles. The molecule has 0 saturated carbocycles. The van der Waals surface area contributed by atoms with E-state index in [1.54, 1.807) is 22.3 Å². The smallest absolute Gasteiger partial charge is 0.137 e. The molecule has 0 spiro atoms. The topological polar surface area (TPSA) is 55.6 Å². The summed E-state index contributed by atoms with van der Waals surface area (Å²) in [5.41, 5.74) is 1.04. The molecule has 0 aliphatic heterocycles. The van der Waals surface area contributed by atoms with Crippen molar-refractivity contribution in [3.05, 3.63) is 28.7 Å². The predicted octanol–water partition coefficient (Wildman–Crippen LogP) is 1.53. The van der Waals surface area contributed by atoms with Gasteiger partial charge in [-0.3, -0.25) is 0 Å². The van der Waals surface area contributed by atoms with E-state index in [9.17, 15) is 0 Å². The standard InChI is InChI=1S/C11H17N5S/c1-9(2)3-12-4-11-15-10(6-17-11)5-16-8-13-7-14-16/h6-9,12H,3-5H2,1-2H3. The summed E-state index contributed by atoms with van der Waals surface area (Å²) in [6, 6.07) is 0. The number of nitrogens with one attached hydrogen (secondary N) is 1. The number of rotatable bonds is 6. The Morgan fingerprint density at radius 1 is 1.47 bits per heavy atom. The lowest BCUT2D eigenvalue weighted by Gasteiger charge is -2.04. The highest BCUT2D eigenvalue weighted by Crippen LogP contribution is 2.10. The summed E-state index contributed by atoms with van der Waals surface area (Å²) in [6.07, 6.45) is 3.24. The molecule has 0 aromatic carbocycles. The fourth-order valence-electron chi connectivity index (χ4n) is 1.45. The Morgan fingerprint density at radius 2 is 2.35 bits per heavy atom. The van der Waals surface area contributed by atoms with Crippen molar-refractivity contribution in [3.8, 4) is 0 Å². The van der Waals surface area contributed by atoms with E-state index < -0.39 is 0 Å². The molecule has 5 nitrogen and oxygen atoms in total. The van der Waals surface area contributed by atoms with Crippen LogP contribution in [0.25, 0.3) is 0 Å². The van der Waals surface area contributed by atoms with Gasteiger partial charge < -0.3 is 5.32 Å². The number of aromatic nitrogens is 4. The third-order valence-electron chi connectivity index (χ3n) is 2.22. The van der Waals surface area contributed by atoms with Gasteiger partial charge in [-0.15, -0.1) is 11.3 Å². The third-order valence-corrected chi connectivity index (χ3v) is 3.12. The molecule has 2 heterocycles. The van der Waals surface area contributed by atoms with Gasteiger partial charge in [0.2, 0.25) is 0 Å². The minimum Gasteiger partial charge on any atom is -0.310 e. The first-order chi connectivity index (χ1) is 8.24. The molecule has 0 unspecified atom stereocenters. The van der Waals surface area contributed by atoms with E-state index in [0.29, 0.717) is 12.5 Å². The molecule has 0 saturated heterocycles. The summed E-state index contributed by atoms with van der Waals surface area (Å²) in [7, 11) is 0. The SMILES string of the molecule is CC(C)CNCc1nc(Cn2cncn2)cs1. The zero-order chi connectivity index (χ0) is 12.1. The molecule has 0 aliphatic rings. The molecule has 17 heavy (non-hydrogen) atoms. The highest BCUT2D eigenvalue weighted by Gasteiger charge is 2.03. The summed E-state index contributed by atoms with van der Waals surface area (Å²) < 4.78 is 1.78. The first-order valence-corrected chi connectivity index (χ1v) is 6.58. The van der Waals surface area contributed by atoms with Crippen LogP contribution in [0.1, 0.15) is 24.5 Å². The van der Waals surface area contributed by atoms with Crippen molar-refractivity contribution < 1.29 is 0 Å². The van der Waals surface area contributed by atoms with Gasteiger partial charge in [-0.25, -0.2) is 14.6 Å². The van der Waals surface area contributed by atoms with Crippen molar-refractivity contribution in [1.29, 1.82) is 0 Å². The molecule has 92 valence electrons. The maximum atomic E-state index is 4.55. The van der Waals surface area contributed by atoms with Crippen LogP contribution in [-0.2, 0) is 13.1 Å². The van der Waals surface area contributed by atoms with Gasteiger partial charge in [0.15, 0.2) is 0 Å². The van der Waals surface area contributed by atoms with Crippen molar-refractivity contribution in [1.82, 2.24) is 25.1 Å². The van der Waals surface area contributed by atoms with Crippen LogP contribution in [0.2, 0.25) is 0 Å². The molecular weight excluding hydrogens is 234 g/mol. The Kier molecular flexibility index (Phi) is 4.22. The largest absolute Gasteiger partial charge is 0.310 e. The van der Waals surface area contributed by atoms with Gasteiger partial charge in [-0.2, -0.15) is 5.10 Å². The van der Waals surface area contributed by atoms with E-state index in [1.165, 1.54) is 6.33 Å². The van der Waals surface area contributed by atoms with Crippen LogP contribution in [0.15, 0.2) is 18.0 Å². The van der Waals surface area contributed by atoms with E-state index in [2.05, 4.69) is 39.6 Å². The van der Waals surface area contributed by atoms with Crippen LogP contribution < -0.4 is 5.32 Å². The molecule has 0 atom stereocenters. The molecule has 0 radical (unpaired) electrons. The van der Waals surface area contributed by atoms with Crippen molar-refractivity contribution in [2.75, 3.05) is 6.54 Å². The fourth-order valence-corrected chi connectivity index (χ4v) is 2.21. The normalized spacial score (nSPS) is 11.2. The Hall–Kier alpha value is -1.27. The summed E-state index contributed by atoms with van der Waals surface area (Å²) in [6.45, 7) is 6.97. The Bertz CT molecular complexity index is 434. The zero-order valence-electron chi connectivity index (χ0n) is 10.1. The third kappa shape index (κ3) is 3.90. The second kappa shape index (κ2) is 5.88. The minimum absolute atomic E-state index is 0.671. The molecule has 0 amide bonds. The first kappa shape index (κ1) is 12.2. The fraction of sp³-hybridized carbons (Fsp3) is 0.545. The lowest BCUT2D eigenvalue weighted by atomic mass is 10.2. The quantitative estimate of drug-likeness (QED) is 0.846. The van der Waals surface area contributed by atoms with Crippen molar-refractivity contribution in [2.45, 2.75) is 26.9 Å². The Balaban J connectivity index is 1.83. The van der Waals surface area contributed by atoms with Gasteiger partial charge in [0, 0.05) is 11.9 Å². The summed E-state index contributed by atoms with van der Waals surface area (Å²) >= 11 is 1.69. The lowest BCUT2D eigenvalue weighted by Crippen LogP contribution is -2.18. The molecule has 1 N–H and O–H groups in total. The molecule has 0 aliphatic carbocycles. The van der Waals surface area contributed by atoms with E-state index in [-0.39, 0.29) is 0 Å². The number of nitrogens with zero attached hydrogens (tertiary/aromatic N) is 4. The molecular formula is C11H17N5S. The average molecular weight is 251 g/mol. The maximum Gasteiger partial charge on any atom is 0.137 e. The monoisotopic (exact) mass is 251 g/mol. The molecule has 0 fully saturated rings. The zero-order valence-corrected chi connectivity index (χ0v) is 10.9. The summed E-state index contributed by atoms with van der Waals surface area (Å²) in [5, 5.41) is 10.7. The Labute approximate surface area is 105 Å². The van der Waals surface area contributed by atoms with Gasteiger partial charge in [-0.05, 0) is 12.5 Å². The highest BCUT2D eigenvalue weighted by molar-refractivity contribution is 7.09. The van der Waals surface area contributed by atoms with Crippen LogP contribution in [0.5, 0.6) is 0 Å². The Morgan fingerprint density at radius 3 is 3.06 bits per heavy atom. The lowest BCUT2D eigenvalue weighted by molar-refractivity contribution is 0.550. The van der Waals surface area contributed by atoms with Gasteiger partial charge in [0.25, 0.3) is 0 Å². The van der Waals surface area contributed by atoms with Crippen molar-refractivity contribution >= 4 is 11.3 Å². The van der Waals surface area contributed by atoms with Crippen LogP contribution in [0.3, 0.4) is 0 Å². The average Bonchev–Trinajstić information content (AvgIpc) is 2.90. The van der Waals surface area contributed by atoms with Crippen molar-refractivity contribution in [3.63, 3.8) is 0 Å². The molecule has 2 rings (SSSR count). The van der Waals surface area contributed by atoms with E-state index in [0.717, 1.165) is 23.8 Å². The van der Waals surface area contributed by atoms with E-state index in [4.69, 9.17) is 0 Å². The van der Waals surface area contributed by atoms with Gasteiger partial charge in [0.1, 0.15) is 17.7 Å². The van der Waals surface area contributed by atoms with Crippen LogP contribution >= 0.6 is 11.3 Å². The number of hydrogen-bond donors (Lipinski definition) is 1. The van der Waals surface area contributed by atoms with Crippen LogP contribution in [-0.4, -0.2) is 26.3 Å². The van der Waals surface area contributed by atoms with E-state index >= 15 is 0 Å². The summed E-state index contributed by atoms with van der Waals surface area (Å²) in [5.74, 6) is 0.671. The molecule has 0 bridgehead atoms. The molecule has 2 aromatic rings. The van der Waals surface area contributed by atoms with Crippen LogP contribution in [0.4, 0.5) is 0 Å². The van der Waals surface area contributed by atoms with Gasteiger partial charge in [0.05, 0.1) is 12.2 Å². The van der Waals surface area contributed by atoms with E-state index in [1.807, 2.05) is 0 Å². The number of hydrogen-bond acceptors (Lipinski definition) is 5. The minimum atomic E-state index is 0.671. The second-order valence-electron chi connectivity index (χ2n) is 4.35. The van der Waals surface area contributed by atoms with Crippen LogP contribution in [0, 0.1) is 5.92 Å². The van der Waals surface area contributed by atoms with Gasteiger partial charge >= 0.3 is 0 Å². The van der Waals surface area contributed by atoms with Crippen molar-refractivity contribution in [2.24, 2.45) is 5.92 Å². The van der Waals surface area contributed by atoms with Gasteiger partial charge in [-0.1, -0.05) is 13.8 Å². The molecule has 6 heteroatoms. The summed E-state index contributed by atoms with van der Waals surface area (Å²) in [4.78, 5) is 8.46. The second-order valence-corrected chi connectivity index (χ2v) is 5.29. The maximum absolute atomic E-state index is 4.55. The number of thiazole rings is 1. The first-order valence-electron chi connectivity index (χ1n) is 5.70. The highest BCUT2D eigenvalue weighted by atomic mass is 32.1.